The maximum Gasteiger partial charge on any atom is 0.254 e. The molecule has 1 heterocycles. The average Bonchev–Trinajstić information content (AvgIpc) is 2.62. The molecule has 126 valence electrons. The summed E-state index contributed by atoms with van der Waals surface area (Å²) in [6.07, 6.45) is -0.0747. The van der Waals surface area contributed by atoms with E-state index in [9.17, 15) is 4.79 Å². The monoisotopic (exact) mass is 388 g/mol. The summed E-state index contributed by atoms with van der Waals surface area (Å²) in [5.41, 5.74) is 2.97. The highest BCUT2D eigenvalue weighted by molar-refractivity contribution is 9.10. The standard InChI is InChI=1S/C19H21BrN2O2/c1-21(2)17-9-5-14(6-10-17)18-13-22(11-12-24-18)19(23)15-3-7-16(20)8-4-15/h3-10,18H,11-13H2,1-2H3. The molecule has 0 aliphatic carbocycles. The molecule has 0 saturated carbocycles. The minimum absolute atomic E-state index is 0.0562. The van der Waals surface area contributed by atoms with E-state index in [1.54, 1.807) is 0 Å². The molecule has 2 aromatic rings. The molecule has 1 amide bonds. The predicted molar refractivity (Wildman–Crippen MR) is 99.5 cm³/mol. The first kappa shape index (κ1) is 17.0. The number of carbonyl (C=O) groups excluding carboxylic acids is 1. The number of morpholine rings is 1. The van der Waals surface area contributed by atoms with Crippen molar-refractivity contribution in [3.05, 3.63) is 64.1 Å². The van der Waals surface area contributed by atoms with Crippen molar-refractivity contribution in [2.24, 2.45) is 0 Å². The van der Waals surface area contributed by atoms with Crippen LogP contribution in [0.5, 0.6) is 0 Å². The largest absolute Gasteiger partial charge is 0.378 e. The van der Waals surface area contributed by atoms with Crippen LogP contribution in [0, 0.1) is 0 Å². The molecule has 0 radical (unpaired) electrons. The normalized spacial score (nSPS) is 17.6. The number of halogens is 1. The van der Waals surface area contributed by atoms with Crippen LogP contribution in [-0.4, -0.2) is 44.6 Å². The number of carbonyl (C=O) groups is 1. The van der Waals surface area contributed by atoms with Gasteiger partial charge in [-0.1, -0.05) is 28.1 Å². The van der Waals surface area contributed by atoms with E-state index >= 15 is 0 Å². The highest BCUT2D eigenvalue weighted by Crippen LogP contribution is 2.25. The summed E-state index contributed by atoms with van der Waals surface area (Å²) < 4.78 is 6.86. The van der Waals surface area contributed by atoms with Gasteiger partial charge in [-0.2, -0.15) is 0 Å². The number of ether oxygens (including phenoxy) is 1. The third kappa shape index (κ3) is 3.79. The molecule has 2 aromatic carbocycles. The number of amides is 1. The second-order valence-corrected chi connectivity index (χ2v) is 7.02. The molecular weight excluding hydrogens is 368 g/mol. The van der Waals surface area contributed by atoms with Crippen LogP contribution in [0.2, 0.25) is 0 Å². The summed E-state index contributed by atoms with van der Waals surface area (Å²) >= 11 is 3.40. The van der Waals surface area contributed by atoms with Gasteiger partial charge in [0, 0.05) is 36.4 Å². The number of nitrogens with zero attached hydrogens (tertiary/aromatic N) is 2. The molecule has 24 heavy (non-hydrogen) atoms. The lowest BCUT2D eigenvalue weighted by atomic mass is 10.1. The first-order chi connectivity index (χ1) is 11.5. The molecule has 1 aliphatic heterocycles. The van der Waals surface area contributed by atoms with Crippen molar-refractivity contribution >= 4 is 27.5 Å². The Balaban J connectivity index is 1.71. The fraction of sp³-hybridized carbons (Fsp3) is 0.316. The lowest BCUT2D eigenvalue weighted by molar-refractivity contribution is -0.0228. The van der Waals surface area contributed by atoms with E-state index < -0.39 is 0 Å². The van der Waals surface area contributed by atoms with Gasteiger partial charge in [-0.15, -0.1) is 0 Å². The van der Waals surface area contributed by atoms with E-state index in [2.05, 4.69) is 45.1 Å². The summed E-state index contributed by atoms with van der Waals surface area (Å²) in [5.74, 6) is 0.0562. The second kappa shape index (κ2) is 7.36. The molecule has 4 nitrogen and oxygen atoms in total. The van der Waals surface area contributed by atoms with Gasteiger partial charge in [0.1, 0.15) is 6.10 Å². The lowest BCUT2D eigenvalue weighted by Crippen LogP contribution is -2.42. The van der Waals surface area contributed by atoms with Gasteiger partial charge < -0.3 is 14.5 Å². The molecule has 0 bridgehead atoms. The molecule has 1 atom stereocenters. The van der Waals surface area contributed by atoms with Crippen LogP contribution in [0.3, 0.4) is 0 Å². The molecule has 0 spiro atoms. The minimum Gasteiger partial charge on any atom is -0.378 e. The van der Waals surface area contributed by atoms with E-state index in [1.807, 2.05) is 43.3 Å². The molecule has 1 fully saturated rings. The highest BCUT2D eigenvalue weighted by Gasteiger charge is 2.26. The Kier molecular flexibility index (Phi) is 5.21. The van der Waals surface area contributed by atoms with Crippen LogP contribution < -0.4 is 4.90 Å². The van der Waals surface area contributed by atoms with Crippen LogP contribution in [-0.2, 0) is 4.74 Å². The number of rotatable bonds is 3. The van der Waals surface area contributed by atoms with Crippen molar-refractivity contribution in [3.8, 4) is 0 Å². The topological polar surface area (TPSA) is 32.8 Å². The maximum absolute atomic E-state index is 12.7. The Bertz CT molecular complexity index is 698. The van der Waals surface area contributed by atoms with E-state index in [0.717, 1.165) is 15.7 Å². The second-order valence-electron chi connectivity index (χ2n) is 6.10. The Morgan fingerprint density at radius 2 is 1.79 bits per heavy atom. The smallest absolute Gasteiger partial charge is 0.254 e. The van der Waals surface area contributed by atoms with E-state index in [1.165, 1.54) is 0 Å². The Morgan fingerprint density at radius 1 is 1.12 bits per heavy atom. The molecule has 3 rings (SSSR count). The molecule has 1 aliphatic rings. The number of hydrogen-bond donors (Lipinski definition) is 0. The number of benzene rings is 2. The van der Waals surface area contributed by atoms with Crippen LogP contribution in [0.15, 0.2) is 53.0 Å². The van der Waals surface area contributed by atoms with Crippen LogP contribution in [0.25, 0.3) is 0 Å². The van der Waals surface area contributed by atoms with Crippen LogP contribution in [0.1, 0.15) is 22.0 Å². The molecule has 1 unspecified atom stereocenters. The lowest BCUT2D eigenvalue weighted by Gasteiger charge is -2.33. The molecule has 1 saturated heterocycles. The fourth-order valence-corrected chi connectivity index (χ4v) is 3.06. The van der Waals surface area contributed by atoms with Crippen molar-refractivity contribution < 1.29 is 9.53 Å². The number of hydrogen-bond acceptors (Lipinski definition) is 3. The highest BCUT2D eigenvalue weighted by atomic mass is 79.9. The van der Waals surface area contributed by atoms with E-state index in [0.29, 0.717) is 25.3 Å². The Labute approximate surface area is 151 Å². The summed E-state index contributed by atoms with van der Waals surface area (Å²) in [5, 5.41) is 0. The van der Waals surface area contributed by atoms with Gasteiger partial charge in [-0.3, -0.25) is 4.79 Å². The van der Waals surface area contributed by atoms with Crippen LogP contribution in [0.4, 0.5) is 5.69 Å². The van der Waals surface area contributed by atoms with Gasteiger partial charge in [-0.05, 0) is 42.0 Å². The molecule has 0 N–H and O–H groups in total. The van der Waals surface area contributed by atoms with Gasteiger partial charge >= 0.3 is 0 Å². The van der Waals surface area contributed by atoms with E-state index in [-0.39, 0.29) is 12.0 Å². The fourth-order valence-electron chi connectivity index (χ4n) is 2.80. The Morgan fingerprint density at radius 3 is 2.42 bits per heavy atom. The Hall–Kier alpha value is -1.85. The summed E-state index contributed by atoms with van der Waals surface area (Å²) in [6.45, 7) is 1.76. The van der Waals surface area contributed by atoms with Crippen molar-refractivity contribution in [3.63, 3.8) is 0 Å². The van der Waals surface area contributed by atoms with Gasteiger partial charge in [-0.25, -0.2) is 0 Å². The third-order valence-corrected chi connectivity index (χ3v) is 4.75. The zero-order valence-corrected chi connectivity index (χ0v) is 15.5. The van der Waals surface area contributed by atoms with Crippen molar-refractivity contribution in [2.45, 2.75) is 6.10 Å². The summed E-state index contributed by atoms with van der Waals surface area (Å²) in [7, 11) is 4.04. The molecular formula is C19H21BrN2O2. The van der Waals surface area contributed by atoms with Gasteiger partial charge in [0.15, 0.2) is 0 Å². The first-order valence-electron chi connectivity index (χ1n) is 7.98. The zero-order valence-electron chi connectivity index (χ0n) is 13.9. The summed E-state index contributed by atoms with van der Waals surface area (Å²) in [4.78, 5) is 16.6. The predicted octanol–water partition coefficient (Wildman–Crippen LogP) is 3.73. The molecule has 5 heteroatoms. The van der Waals surface area contributed by atoms with Crippen molar-refractivity contribution in [1.29, 1.82) is 0 Å². The van der Waals surface area contributed by atoms with Crippen LogP contribution >= 0.6 is 15.9 Å². The van der Waals surface area contributed by atoms with Crippen molar-refractivity contribution in [1.82, 2.24) is 4.90 Å². The van der Waals surface area contributed by atoms with E-state index in [4.69, 9.17) is 4.74 Å². The van der Waals surface area contributed by atoms with Gasteiger partial charge in [0.05, 0.1) is 13.2 Å². The van der Waals surface area contributed by atoms with Crippen molar-refractivity contribution in [2.75, 3.05) is 38.7 Å². The maximum atomic E-state index is 12.7. The zero-order chi connectivity index (χ0) is 17.1. The quantitative estimate of drug-likeness (QED) is 0.802. The third-order valence-electron chi connectivity index (χ3n) is 4.23. The molecule has 0 aromatic heterocycles. The number of anilines is 1. The SMILES string of the molecule is CN(C)c1ccc(C2CN(C(=O)c3ccc(Br)cc3)CCO2)cc1. The van der Waals surface area contributed by atoms with Gasteiger partial charge in [0.25, 0.3) is 5.91 Å². The average molecular weight is 389 g/mol. The first-order valence-corrected chi connectivity index (χ1v) is 8.77. The summed E-state index contributed by atoms with van der Waals surface area (Å²) in [6, 6.07) is 15.8. The van der Waals surface area contributed by atoms with Gasteiger partial charge in [0.2, 0.25) is 0 Å². The minimum atomic E-state index is -0.0747.